The summed E-state index contributed by atoms with van der Waals surface area (Å²) in [5.41, 5.74) is 2.64. The number of nitrogens with zero attached hydrogens (tertiary/aromatic N) is 2. The number of halogens is 2. The van der Waals surface area contributed by atoms with Crippen molar-refractivity contribution < 1.29 is 9.72 Å². The van der Waals surface area contributed by atoms with Crippen molar-refractivity contribution in [1.82, 2.24) is 5.43 Å². The normalized spacial score (nSPS) is 11.3. The molecule has 114 valence electrons. The Hall–Kier alpha value is -1.96. The summed E-state index contributed by atoms with van der Waals surface area (Å²) in [7, 11) is 0. The van der Waals surface area contributed by atoms with Crippen molar-refractivity contribution in [2.45, 2.75) is 6.92 Å². The van der Waals surface area contributed by atoms with E-state index in [2.05, 4.69) is 10.5 Å². The van der Waals surface area contributed by atoms with E-state index in [0.717, 1.165) is 10.9 Å². The molecule has 22 heavy (non-hydrogen) atoms. The molecule has 9 heteroatoms. The van der Waals surface area contributed by atoms with Gasteiger partial charge in [0.2, 0.25) is 0 Å². The fraction of sp³-hybridized carbons (Fsp3) is 0.0769. The molecule has 0 unspecified atom stereocenters. The van der Waals surface area contributed by atoms with Crippen LogP contribution in [0.3, 0.4) is 0 Å². The van der Waals surface area contributed by atoms with E-state index in [1.54, 1.807) is 19.1 Å². The molecule has 0 radical (unpaired) electrons. The number of amides is 1. The first kappa shape index (κ1) is 16.4. The average Bonchev–Trinajstić information content (AvgIpc) is 2.91. The maximum atomic E-state index is 12.0. The van der Waals surface area contributed by atoms with Crippen molar-refractivity contribution >= 4 is 51.8 Å². The summed E-state index contributed by atoms with van der Waals surface area (Å²) in [6.45, 7) is 1.71. The zero-order chi connectivity index (χ0) is 16.3. The Morgan fingerprint density at radius 2 is 2.05 bits per heavy atom. The lowest BCUT2D eigenvalue weighted by molar-refractivity contribution is -0.384. The number of hydrogen-bond donors (Lipinski definition) is 1. The SMILES string of the molecule is C/C(=N\NC(=O)c1cc([N+](=O)[O-])ccc1Cl)c1ccc(Cl)s1. The first-order valence-electron chi connectivity index (χ1n) is 5.93. The molecule has 0 bridgehead atoms. The van der Waals surface area contributed by atoms with Crippen LogP contribution in [-0.4, -0.2) is 16.5 Å². The van der Waals surface area contributed by atoms with Crippen molar-refractivity contribution in [2.75, 3.05) is 0 Å². The molecule has 0 saturated carbocycles. The summed E-state index contributed by atoms with van der Waals surface area (Å²) in [6.07, 6.45) is 0. The number of nitrogens with one attached hydrogen (secondary N) is 1. The van der Waals surface area contributed by atoms with E-state index in [-0.39, 0.29) is 16.3 Å². The predicted molar refractivity (Wildman–Crippen MR) is 87.1 cm³/mol. The number of benzene rings is 1. The van der Waals surface area contributed by atoms with Crippen LogP contribution in [0.15, 0.2) is 35.4 Å². The Morgan fingerprint density at radius 1 is 1.32 bits per heavy atom. The number of carbonyl (C=O) groups is 1. The van der Waals surface area contributed by atoms with Crippen LogP contribution in [0.5, 0.6) is 0 Å². The summed E-state index contributed by atoms with van der Waals surface area (Å²) in [5.74, 6) is -0.629. The van der Waals surface area contributed by atoms with E-state index in [4.69, 9.17) is 23.2 Å². The van der Waals surface area contributed by atoms with Crippen LogP contribution in [-0.2, 0) is 0 Å². The Balaban J connectivity index is 2.19. The molecule has 0 atom stereocenters. The topological polar surface area (TPSA) is 84.6 Å². The van der Waals surface area contributed by atoms with Gasteiger partial charge in [-0.25, -0.2) is 5.43 Å². The molecule has 6 nitrogen and oxygen atoms in total. The zero-order valence-corrected chi connectivity index (χ0v) is 13.5. The van der Waals surface area contributed by atoms with E-state index < -0.39 is 10.8 Å². The van der Waals surface area contributed by atoms with E-state index >= 15 is 0 Å². The van der Waals surface area contributed by atoms with Crippen LogP contribution in [0.1, 0.15) is 22.2 Å². The van der Waals surface area contributed by atoms with Gasteiger partial charge in [0.05, 0.1) is 30.4 Å². The third-order valence-corrected chi connectivity index (χ3v) is 4.33. The van der Waals surface area contributed by atoms with Crippen LogP contribution in [0.2, 0.25) is 9.36 Å². The van der Waals surface area contributed by atoms with E-state index in [0.29, 0.717) is 10.0 Å². The highest BCUT2D eigenvalue weighted by atomic mass is 35.5. The number of hydrogen-bond acceptors (Lipinski definition) is 5. The van der Waals surface area contributed by atoms with Crippen LogP contribution >= 0.6 is 34.5 Å². The van der Waals surface area contributed by atoms with Crippen molar-refractivity contribution in [3.63, 3.8) is 0 Å². The van der Waals surface area contributed by atoms with Gasteiger partial charge >= 0.3 is 0 Å². The number of hydrazone groups is 1. The molecule has 1 heterocycles. The summed E-state index contributed by atoms with van der Waals surface area (Å²) in [6, 6.07) is 7.12. The smallest absolute Gasteiger partial charge is 0.267 e. The lowest BCUT2D eigenvalue weighted by atomic mass is 10.2. The predicted octanol–water partition coefficient (Wildman–Crippen LogP) is 4.12. The minimum absolute atomic E-state index is 0.0170. The highest BCUT2D eigenvalue weighted by molar-refractivity contribution is 7.18. The van der Waals surface area contributed by atoms with Gasteiger partial charge in [-0.15, -0.1) is 11.3 Å². The third-order valence-electron chi connectivity index (χ3n) is 2.66. The number of nitro benzene ring substituents is 1. The van der Waals surface area contributed by atoms with Crippen LogP contribution in [0, 0.1) is 10.1 Å². The quantitative estimate of drug-likeness (QED) is 0.507. The largest absolute Gasteiger partial charge is 0.273 e. The monoisotopic (exact) mass is 357 g/mol. The maximum absolute atomic E-state index is 12.0. The van der Waals surface area contributed by atoms with Gasteiger partial charge in [-0.3, -0.25) is 14.9 Å². The number of thiophene rings is 1. The number of non-ortho nitro benzene ring substituents is 1. The fourth-order valence-corrected chi connectivity index (χ4v) is 2.75. The summed E-state index contributed by atoms with van der Waals surface area (Å²) in [4.78, 5) is 23.0. The second kappa shape index (κ2) is 6.87. The minimum Gasteiger partial charge on any atom is -0.267 e. The number of rotatable bonds is 4. The molecule has 1 amide bonds. The molecule has 0 fully saturated rings. The first-order valence-corrected chi connectivity index (χ1v) is 7.50. The van der Waals surface area contributed by atoms with Gasteiger partial charge in [-0.1, -0.05) is 23.2 Å². The van der Waals surface area contributed by atoms with Gasteiger partial charge in [0, 0.05) is 12.1 Å². The maximum Gasteiger partial charge on any atom is 0.273 e. The number of nitro groups is 1. The van der Waals surface area contributed by atoms with Gasteiger partial charge < -0.3 is 0 Å². The summed E-state index contributed by atoms with van der Waals surface area (Å²) >= 11 is 13.0. The molecule has 0 aliphatic carbocycles. The first-order chi connectivity index (χ1) is 10.4. The van der Waals surface area contributed by atoms with Gasteiger partial charge in [-0.05, 0) is 25.1 Å². The lowest BCUT2D eigenvalue weighted by Crippen LogP contribution is -2.19. The Kier molecular flexibility index (Phi) is 5.12. The van der Waals surface area contributed by atoms with Crippen molar-refractivity contribution in [1.29, 1.82) is 0 Å². The summed E-state index contributed by atoms with van der Waals surface area (Å²) in [5, 5.41) is 14.8. The molecule has 0 aliphatic heterocycles. The molecule has 0 saturated heterocycles. The average molecular weight is 358 g/mol. The van der Waals surface area contributed by atoms with E-state index in [1.165, 1.54) is 23.5 Å². The van der Waals surface area contributed by atoms with Crippen LogP contribution in [0.25, 0.3) is 0 Å². The van der Waals surface area contributed by atoms with Gasteiger partial charge in [-0.2, -0.15) is 5.10 Å². The highest BCUT2D eigenvalue weighted by Gasteiger charge is 2.15. The van der Waals surface area contributed by atoms with Crippen molar-refractivity contribution in [3.8, 4) is 0 Å². The second-order valence-electron chi connectivity index (χ2n) is 4.16. The molecule has 0 spiro atoms. The highest BCUT2D eigenvalue weighted by Crippen LogP contribution is 2.23. The molecule has 2 rings (SSSR count). The molecular weight excluding hydrogens is 349 g/mol. The van der Waals surface area contributed by atoms with Gasteiger partial charge in [0.25, 0.3) is 11.6 Å². The molecular formula is C13H9Cl2N3O3S. The van der Waals surface area contributed by atoms with Gasteiger partial charge in [0.15, 0.2) is 0 Å². The Labute approximate surface area is 139 Å². The van der Waals surface area contributed by atoms with Crippen LogP contribution in [0.4, 0.5) is 5.69 Å². The van der Waals surface area contributed by atoms with E-state index in [1.807, 2.05) is 0 Å². The molecule has 0 aliphatic rings. The Bertz CT molecular complexity index is 774. The van der Waals surface area contributed by atoms with Gasteiger partial charge in [0.1, 0.15) is 0 Å². The number of carbonyl (C=O) groups excluding carboxylic acids is 1. The summed E-state index contributed by atoms with van der Waals surface area (Å²) < 4.78 is 0.609. The Morgan fingerprint density at radius 3 is 2.64 bits per heavy atom. The van der Waals surface area contributed by atoms with Crippen molar-refractivity contribution in [3.05, 3.63) is 60.2 Å². The minimum atomic E-state index is -0.629. The van der Waals surface area contributed by atoms with Crippen molar-refractivity contribution in [2.24, 2.45) is 5.10 Å². The van der Waals surface area contributed by atoms with Crippen LogP contribution < -0.4 is 5.43 Å². The molecule has 1 aromatic carbocycles. The second-order valence-corrected chi connectivity index (χ2v) is 6.29. The molecule has 1 aromatic heterocycles. The molecule has 1 N–H and O–H groups in total. The lowest BCUT2D eigenvalue weighted by Gasteiger charge is -2.03. The zero-order valence-electron chi connectivity index (χ0n) is 11.2. The van der Waals surface area contributed by atoms with E-state index in [9.17, 15) is 14.9 Å². The third kappa shape index (κ3) is 3.82. The fourth-order valence-electron chi connectivity index (χ4n) is 1.56. The molecule has 2 aromatic rings. The standard InChI is InChI=1S/C13H9Cl2N3O3S/c1-7(11-4-5-12(15)22-11)16-17-13(19)9-6-8(18(20)21)2-3-10(9)14/h2-6H,1H3,(H,17,19)/b16-7+.